The fraction of sp³-hybridized carbons (Fsp3) is 0.467. The Morgan fingerprint density at radius 3 is 2.28 bits per heavy atom. The van der Waals surface area contributed by atoms with Crippen LogP contribution < -0.4 is 10.2 Å². The van der Waals surface area contributed by atoms with E-state index in [-0.39, 0.29) is 5.91 Å². The van der Waals surface area contributed by atoms with Gasteiger partial charge in [0.15, 0.2) is 5.13 Å². The van der Waals surface area contributed by atoms with E-state index in [9.17, 15) is 4.79 Å². The van der Waals surface area contributed by atoms with Crippen molar-refractivity contribution in [1.29, 1.82) is 0 Å². The van der Waals surface area contributed by atoms with Crippen molar-refractivity contribution in [3.8, 4) is 11.3 Å². The summed E-state index contributed by atoms with van der Waals surface area (Å²) in [4.78, 5) is 22.4. The van der Waals surface area contributed by atoms with Gasteiger partial charge in [-0.2, -0.15) is 0 Å². The average Bonchev–Trinajstić information content (AvgIpc) is 3.56. The van der Waals surface area contributed by atoms with Crippen molar-refractivity contribution in [1.82, 2.24) is 15.2 Å². The lowest BCUT2D eigenvalue weighted by atomic mass is 10.1. The number of hydrogen-bond donors (Lipinski definition) is 1. The molecule has 1 aliphatic carbocycles. The quantitative estimate of drug-likeness (QED) is 0.311. The number of aryl methyl sites for hydroxylation is 1. The highest BCUT2D eigenvalue weighted by atomic mass is 32.1. The minimum atomic E-state index is 0.0254. The number of carbonyl (C=O) groups is 1. The van der Waals surface area contributed by atoms with Gasteiger partial charge in [-0.15, -0.1) is 11.3 Å². The summed E-state index contributed by atoms with van der Waals surface area (Å²) < 4.78 is 0. The lowest BCUT2D eigenvalue weighted by Gasteiger charge is -2.33. The maximum atomic E-state index is 12.5. The van der Waals surface area contributed by atoms with Crippen LogP contribution in [0.2, 0.25) is 0 Å². The molecule has 2 aromatic carbocycles. The van der Waals surface area contributed by atoms with Gasteiger partial charge in [-0.05, 0) is 71.1 Å². The van der Waals surface area contributed by atoms with Crippen LogP contribution in [-0.4, -0.2) is 47.5 Å². The maximum absolute atomic E-state index is 12.5. The average molecular weight is 505 g/mol. The first kappa shape index (κ1) is 26.4. The number of nitrogens with zero attached hydrogens (tertiary/aromatic N) is 3. The number of thiazole rings is 1. The van der Waals surface area contributed by atoms with E-state index in [1.54, 1.807) is 11.3 Å². The molecule has 0 spiro atoms. The zero-order valence-corrected chi connectivity index (χ0v) is 23.1. The molecule has 1 heterocycles. The highest BCUT2D eigenvalue weighted by molar-refractivity contribution is 7.14. The summed E-state index contributed by atoms with van der Waals surface area (Å²) in [6.45, 7) is 14.6. The number of aromatic nitrogens is 1. The lowest BCUT2D eigenvalue weighted by molar-refractivity contribution is 0.0952. The van der Waals surface area contributed by atoms with E-state index in [2.05, 4.69) is 91.5 Å². The first-order valence-electron chi connectivity index (χ1n) is 13.2. The molecule has 1 aromatic heterocycles. The Hall–Kier alpha value is -2.70. The molecule has 4 rings (SSSR count). The fourth-order valence-corrected chi connectivity index (χ4v) is 5.36. The topological polar surface area (TPSA) is 48.5 Å². The largest absolute Gasteiger partial charge is 0.352 e. The number of anilines is 1. The second kappa shape index (κ2) is 12.0. The Balaban J connectivity index is 1.49. The van der Waals surface area contributed by atoms with Gasteiger partial charge in [-0.3, -0.25) is 9.69 Å². The predicted molar refractivity (Wildman–Crippen MR) is 152 cm³/mol. The number of amides is 1. The van der Waals surface area contributed by atoms with E-state index >= 15 is 0 Å². The van der Waals surface area contributed by atoms with Crippen molar-refractivity contribution in [2.75, 3.05) is 24.5 Å². The van der Waals surface area contributed by atoms with Crippen molar-refractivity contribution in [2.45, 2.75) is 66.1 Å². The van der Waals surface area contributed by atoms with Crippen molar-refractivity contribution in [3.63, 3.8) is 0 Å². The van der Waals surface area contributed by atoms with Gasteiger partial charge in [-0.1, -0.05) is 42.0 Å². The summed E-state index contributed by atoms with van der Waals surface area (Å²) in [7, 11) is 0. The summed E-state index contributed by atoms with van der Waals surface area (Å²) in [5, 5.41) is 6.25. The molecular formula is C30H40N4OS. The van der Waals surface area contributed by atoms with Crippen LogP contribution in [0.25, 0.3) is 11.3 Å². The summed E-state index contributed by atoms with van der Waals surface area (Å²) in [5.41, 5.74) is 5.33. The monoisotopic (exact) mass is 504 g/mol. The van der Waals surface area contributed by atoms with Gasteiger partial charge >= 0.3 is 0 Å². The van der Waals surface area contributed by atoms with Gasteiger partial charge in [0.05, 0.1) is 5.69 Å². The summed E-state index contributed by atoms with van der Waals surface area (Å²) in [5.74, 6) is 0.707. The van der Waals surface area contributed by atoms with Crippen molar-refractivity contribution in [3.05, 3.63) is 70.6 Å². The standard InChI is InChI=1S/C30H40N4OS/c1-21(2)34(22(3)4)17-16-33(30-32-28(20-36-30)26-12-6-23(5)7-13-26)19-25-10-14-27(15-11-25)29(35)31-18-24-8-9-24/h6-7,10-15,20-22,24H,8-9,16-19H2,1-5H3,(H,31,35). The molecule has 3 aromatic rings. The summed E-state index contributed by atoms with van der Waals surface area (Å²) in [6, 6.07) is 17.6. The van der Waals surface area contributed by atoms with E-state index < -0.39 is 0 Å². The third kappa shape index (κ3) is 7.17. The molecule has 1 aliphatic rings. The van der Waals surface area contributed by atoms with E-state index in [0.717, 1.165) is 48.1 Å². The van der Waals surface area contributed by atoms with Crippen LogP contribution in [-0.2, 0) is 6.54 Å². The molecule has 192 valence electrons. The number of rotatable bonds is 12. The molecule has 0 radical (unpaired) electrons. The zero-order valence-electron chi connectivity index (χ0n) is 22.3. The van der Waals surface area contributed by atoms with Gasteiger partial charge in [0.1, 0.15) is 0 Å². The van der Waals surface area contributed by atoms with Crippen LogP contribution in [0, 0.1) is 12.8 Å². The molecular weight excluding hydrogens is 464 g/mol. The molecule has 1 N–H and O–H groups in total. The molecule has 1 saturated carbocycles. The number of carbonyl (C=O) groups excluding carboxylic acids is 1. The molecule has 1 amide bonds. The van der Waals surface area contributed by atoms with Gasteiger partial charge in [0.2, 0.25) is 0 Å². The Labute approximate surface area is 220 Å². The van der Waals surface area contributed by atoms with Crippen LogP contribution in [0.3, 0.4) is 0 Å². The minimum Gasteiger partial charge on any atom is -0.352 e. The smallest absolute Gasteiger partial charge is 0.251 e. The molecule has 5 nitrogen and oxygen atoms in total. The van der Waals surface area contributed by atoms with Crippen LogP contribution in [0.1, 0.15) is 62.0 Å². The van der Waals surface area contributed by atoms with E-state index in [0.29, 0.717) is 18.0 Å². The van der Waals surface area contributed by atoms with Crippen molar-refractivity contribution < 1.29 is 4.79 Å². The van der Waals surface area contributed by atoms with Gasteiger partial charge < -0.3 is 10.2 Å². The highest BCUT2D eigenvalue weighted by Crippen LogP contribution is 2.29. The summed E-state index contributed by atoms with van der Waals surface area (Å²) >= 11 is 1.70. The molecule has 0 bridgehead atoms. The minimum absolute atomic E-state index is 0.0254. The Morgan fingerprint density at radius 1 is 1.00 bits per heavy atom. The summed E-state index contributed by atoms with van der Waals surface area (Å²) in [6.07, 6.45) is 2.48. The van der Waals surface area contributed by atoms with Gasteiger partial charge in [0.25, 0.3) is 5.91 Å². The van der Waals surface area contributed by atoms with Crippen LogP contribution in [0.5, 0.6) is 0 Å². The Kier molecular flexibility index (Phi) is 8.81. The number of benzene rings is 2. The second-order valence-electron chi connectivity index (χ2n) is 10.6. The molecule has 6 heteroatoms. The molecule has 0 unspecified atom stereocenters. The Morgan fingerprint density at radius 2 is 1.67 bits per heavy atom. The predicted octanol–water partition coefficient (Wildman–Crippen LogP) is 6.38. The number of nitrogens with one attached hydrogen (secondary N) is 1. The van der Waals surface area contributed by atoms with Crippen molar-refractivity contribution >= 4 is 22.4 Å². The third-order valence-corrected chi connectivity index (χ3v) is 7.80. The van der Waals surface area contributed by atoms with E-state index in [1.165, 1.54) is 24.0 Å². The van der Waals surface area contributed by atoms with Crippen LogP contribution in [0.4, 0.5) is 5.13 Å². The molecule has 0 aliphatic heterocycles. The van der Waals surface area contributed by atoms with Crippen LogP contribution >= 0.6 is 11.3 Å². The third-order valence-electron chi connectivity index (χ3n) is 6.90. The van der Waals surface area contributed by atoms with Gasteiger partial charge in [-0.25, -0.2) is 4.98 Å². The second-order valence-corrected chi connectivity index (χ2v) is 11.4. The highest BCUT2D eigenvalue weighted by Gasteiger charge is 2.22. The SMILES string of the molecule is Cc1ccc(-c2csc(N(CCN(C(C)C)C(C)C)Cc3ccc(C(=O)NCC4CC4)cc3)n2)cc1. The van der Waals surface area contributed by atoms with Gasteiger partial charge in [0, 0.05) is 54.8 Å². The first-order chi connectivity index (χ1) is 17.3. The van der Waals surface area contributed by atoms with Crippen molar-refractivity contribution in [2.24, 2.45) is 5.92 Å². The molecule has 1 fully saturated rings. The molecule has 0 atom stereocenters. The molecule has 36 heavy (non-hydrogen) atoms. The normalized spacial score (nSPS) is 13.6. The zero-order chi connectivity index (χ0) is 25.7. The molecule has 0 saturated heterocycles. The van der Waals surface area contributed by atoms with Crippen LogP contribution in [0.15, 0.2) is 53.9 Å². The Bertz CT molecular complexity index is 1110. The fourth-order valence-electron chi connectivity index (χ4n) is 4.50. The maximum Gasteiger partial charge on any atom is 0.251 e. The lowest BCUT2D eigenvalue weighted by Crippen LogP contribution is -2.42. The first-order valence-corrected chi connectivity index (χ1v) is 14.1. The van der Waals surface area contributed by atoms with E-state index in [4.69, 9.17) is 4.98 Å². The number of hydrogen-bond acceptors (Lipinski definition) is 5. The van der Waals surface area contributed by atoms with E-state index in [1.807, 2.05) is 12.1 Å².